The number of hydrogen-bond acceptors (Lipinski definition) is 3. The smallest absolute Gasteiger partial charge is 0.119 e. The van der Waals surface area contributed by atoms with Crippen LogP contribution in [-0.2, 0) is 4.74 Å². The van der Waals surface area contributed by atoms with E-state index in [-0.39, 0.29) is 0 Å². The Kier molecular flexibility index (Phi) is 5.61. The van der Waals surface area contributed by atoms with E-state index in [1.54, 1.807) is 0 Å². The summed E-state index contributed by atoms with van der Waals surface area (Å²) >= 11 is 4.90. The first kappa shape index (κ1) is 14.3. The molecule has 1 saturated carbocycles. The van der Waals surface area contributed by atoms with Crippen molar-refractivity contribution in [3.63, 3.8) is 0 Å². The number of hydrogen-bond donors (Lipinski definition) is 1. The second-order valence-corrected chi connectivity index (χ2v) is 5.37. The van der Waals surface area contributed by atoms with Crippen LogP contribution < -0.4 is 10.5 Å². The lowest BCUT2D eigenvalue weighted by Gasteiger charge is -2.07. The Balaban J connectivity index is 1.53. The highest BCUT2D eigenvalue weighted by atomic mass is 32.1. The van der Waals surface area contributed by atoms with E-state index >= 15 is 0 Å². The third kappa shape index (κ3) is 5.57. The van der Waals surface area contributed by atoms with Crippen LogP contribution in [0.15, 0.2) is 24.3 Å². The molecule has 0 spiro atoms. The third-order valence-corrected chi connectivity index (χ3v) is 3.44. The maximum absolute atomic E-state index is 5.62. The predicted molar refractivity (Wildman–Crippen MR) is 80.6 cm³/mol. The normalized spacial score (nSPS) is 14.3. The second kappa shape index (κ2) is 7.46. The summed E-state index contributed by atoms with van der Waals surface area (Å²) in [5, 5.41) is 0. The van der Waals surface area contributed by atoms with Gasteiger partial charge in [-0.15, -0.1) is 0 Å². The van der Waals surface area contributed by atoms with E-state index in [9.17, 15) is 0 Å². The molecule has 0 aliphatic heterocycles. The van der Waals surface area contributed by atoms with Gasteiger partial charge in [0.2, 0.25) is 0 Å². The van der Waals surface area contributed by atoms with Crippen molar-refractivity contribution in [2.24, 2.45) is 11.7 Å². The topological polar surface area (TPSA) is 44.5 Å². The van der Waals surface area contributed by atoms with Crippen LogP contribution in [0.5, 0.6) is 5.75 Å². The molecule has 0 heterocycles. The van der Waals surface area contributed by atoms with Gasteiger partial charge in [-0.1, -0.05) is 25.1 Å². The lowest BCUT2D eigenvalue weighted by atomic mass is 10.2. The summed E-state index contributed by atoms with van der Waals surface area (Å²) in [4.78, 5) is 0.413. The van der Waals surface area contributed by atoms with Crippen LogP contribution >= 0.6 is 12.2 Å². The van der Waals surface area contributed by atoms with Gasteiger partial charge in [0.15, 0.2) is 0 Å². The minimum absolute atomic E-state index is 0.413. The standard InChI is InChI=1S/C15H21NO2S/c16-15(19)13-4-6-14(7-5-13)18-10-1-9-17-11-8-12-2-3-12/h4-7,12H,1-3,8-11H2,(H2,16,19). The lowest BCUT2D eigenvalue weighted by molar-refractivity contribution is 0.114. The zero-order valence-electron chi connectivity index (χ0n) is 11.1. The van der Waals surface area contributed by atoms with Gasteiger partial charge < -0.3 is 15.2 Å². The quantitative estimate of drug-likeness (QED) is 0.557. The molecule has 0 saturated heterocycles. The Labute approximate surface area is 120 Å². The van der Waals surface area contributed by atoms with Crippen molar-refractivity contribution in [3.8, 4) is 5.75 Å². The minimum Gasteiger partial charge on any atom is -0.494 e. The van der Waals surface area contributed by atoms with Crippen molar-refractivity contribution in [3.05, 3.63) is 29.8 Å². The lowest BCUT2D eigenvalue weighted by Crippen LogP contribution is -2.09. The van der Waals surface area contributed by atoms with E-state index < -0.39 is 0 Å². The van der Waals surface area contributed by atoms with Gasteiger partial charge in [-0.2, -0.15) is 0 Å². The van der Waals surface area contributed by atoms with Gasteiger partial charge in [0, 0.05) is 25.2 Å². The SMILES string of the molecule is NC(=S)c1ccc(OCCCOCCC2CC2)cc1. The number of thiocarbonyl (C=S) groups is 1. The fourth-order valence-electron chi connectivity index (χ4n) is 1.83. The van der Waals surface area contributed by atoms with Crippen molar-refractivity contribution < 1.29 is 9.47 Å². The zero-order valence-corrected chi connectivity index (χ0v) is 12.0. The van der Waals surface area contributed by atoms with Gasteiger partial charge in [-0.3, -0.25) is 0 Å². The van der Waals surface area contributed by atoms with Gasteiger partial charge in [0.25, 0.3) is 0 Å². The number of nitrogens with two attached hydrogens (primary N) is 1. The van der Waals surface area contributed by atoms with Gasteiger partial charge in [-0.05, 0) is 36.6 Å². The largest absolute Gasteiger partial charge is 0.494 e. The van der Waals surface area contributed by atoms with Crippen molar-refractivity contribution in [2.45, 2.75) is 25.7 Å². The van der Waals surface area contributed by atoms with E-state index in [4.69, 9.17) is 27.4 Å². The average molecular weight is 279 g/mol. The Morgan fingerprint density at radius 3 is 2.53 bits per heavy atom. The average Bonchev–Trinajstić information content (AvgIpc) is 3.22. The van der Waals surface area contributed by atoms with Crippen LogP contribution in [0, 0.1) is 5.92 Å². The van der Waals surface area contributed by atoms with Gasteiger partial charge >= 0.3 is 0 Å². The Bertz CT molecular complexity index is 401. The van der Waals surface area contributed by atoms with E-state index in [2.05, 4.69) is 0 Å². The molecule has 3 nitrogen and oxygen atoms in total. The maximum Gasteiger partial charge on any atom is 0.119 e. The Morgan fingerprint density at radius 2 is 1.89 bits per heavy atom. The molecule has 0 radical (unpaired) electrons. The van der Waals surface area contributed by atoms with E-state index in [0.717, 1.165) is 36.9 Å². The summed E-state index contributed by atoms with van der Waals surface area (Å²) in [6, 6.07) is 7.54. The van der Waals surface area contributed by atoms with E-state index in [0.29, 0.717) is 11.6 Å². The molecule has 1 fully saturated rings. The Hall–Kier alpha value is -1.13. The molecule has 2 rings (SSSR count). The molecule has 1 aromatic rings. The first-order chi connectivity index (χ1) is 9.25. The summed E-state index contributed by atoms with van der Waals surface area (Å²) in [5.74, 6) is 1.79. The van der Waals surface area contributed by atoms with Crippen LogP contribution in [0.2, 0.25) is 0 Å². The van der Waals surface area contributed by atoms with Crippen LogP contribution in [0.4, 0.5) is 0 Å². The van der Waals surface area contributed by atoms with Crippen LogP contribution in [0.3, 0.4) is 0 Å². The summed E-state index contributed by atoms with van der Waals surface area (Å²) in [5.41, 5.74) is 6.40. The van der Waals surface area contributed by atoms with Crippen molar-refractivity contribution >= 4 is 17.2 Å². The monoisotopic (exact) mass is 279 g/mol. The molecule has 1 aromatic carbocycles. The van der Waals surface area contributed by atoms with Crippen LogP contribution in [0.25, 0.3) is 0 Å². The molecule has 1 aliphatic rings. The molecule has 0 bridgehead atoms. The molecule has 1 aliphatic carbocycles. The fraction of sp³-hybridized carbons (Fsp3) is 0.533. The summed E-state index contributed by atoms with van der Waals surface area (Å²) < 4.78 is 11.2. The molecular formula is C15H21NO2S. The number of rotatable bonds is 9. The summed E-state index contributed by atoms with van der Waals surface area (Å²) in [6.07, 6.45) is 4.94. The molecule has 0 unspecified atom stereocenters. The number of ether oxygens (including phenoxy) is 2. The third-order valence-electron chi connectivity index (χ3n) is 3.21. The van der Waals surface area contributed by atoms with Gasteiger partial charge in [0.05, 0.1) is 6.61 Å². The highest BCUT2D eigenvalue weighted by Crippen LogP contribution is 2.32. The molecule has 0 amide bonds. The maximum atomic E-state index is 5.62. The number of benzene rings is 1. The first-order valence-corrected chi connectivity index (χ1v) is 7.27. The summed E-state index contributed by atoms with van der Waals surface area (Å²) in [7, 11) is 0. The molecule has 0 atom stereocenters. The molecule has 19 heavy (non-hydrogen) atoms. The van der Waals surface area contributed by atoms with Crippen LogP contribution in [-0.4, -0.2) is 24.8 Å². The van der Waals surface area contributed by atoms with Crippen molar-refractivity contribution in [1.82, 2.24) is 0 Å². The van der Waals surface area contributed by atoms with E-state index in [1.165, 1.54) is 19.3 Å². The summed E-state index contributed by atoms with van der Waals surface area (Å²) in [6.45, 7) is 2.35. The first-order valence-electron chi connectivity index (χ1n) is 6.86. The molecular weight excluding hydrogens is 258 g/mol. The minimum atomic E-state index is 0.413. The molecule has 2 N–H and O–H groups in total. The molecule has 4 heteroatoms. The second-order valence-electron chi connectivity index (χ2n) is 4.94. The Morgan fingerprint density at radius 1 is 1.16 bits per heavy atom. The molecule has 104 valence electrons. The zero-order chi connectivity index (χ0) is 13.5. The highest BCUT2D eigenvalue weighted by molar-refractivity contribution is 7.80. The highest BCUT2D eigenvalue weighted by Gasteiger charge is 2.20. The van der Waals surface area contributed by atoms with Gasteiger partial charge in [0.1, 0.15) is 10.7 Å². The van der Waals surface area contributed by atoms with Gasteiger partial charge in [-0.25, -0.2) is 0 Å². The van der Waals surface area contributed by atoms with Crippen molar-refractivity contribution in [2.75, 3.05) is 19.8 Å². The predicted octanol–water partition coefficient (Wildman–Crippen LogP) is 2.91. The van der Waals surface area contributed by atoms with Crippen molar-refractivity contribution in [1.29, 1.82) is 0 Å². The fourth-order valence-corrected chi connectivity index (χ4v) is 1.96. The van der Waals surface area contributed by atoms with E-state index in [1.807, 2.05) is 24.3 Å². The van der Waals surface area contributed by atoms with Crippen LogP contribution in [0.1, 0.15) is 31.2 Å². The molecule has 0 aromatic heterocycles.